The molecule has 0 fully saturated rings. The van der Waals surface area contributed by atoms with E-state index in [0.29, 0.717) is 0 Å². The van der Waals surface area contributed by atoms with Gasteiger partial charge in [-0.1, -0.05) is 13.8 Å². The summed E-state index contributed by atoms with van der Waals surface area (Å²) in [6.07, 6.45) is 30.2. The van der Waals surface area contributed by atoms with E-state index in [4.69, 9.17) is 0 Å². The molecule has 0 amide bonds. The van der Waals surface area contributed by atoms with Crippen molar-refractivity contribution in [3.8, 4) is 0 Å². The molecule has 0 aliphatic carbocycles. The van der Waals surface area contributed by atoms with Crippen LogP contribution in [-0.2, 0) is 6.42 Å². The van der Waals surface area contributed by atoms with Gasteiger partial charge in [0.2, 0.25) is 0 Å². The van der Waals surface area contributed by atoms with E-state index in [1.165, 1.54) is 135 Å². The molecule has 0 nitrogen and oxygen atoms in total. The van der Waals surface area contributed by atoms with Crippen molar-refractivity contribution in [1.29, 1.82) is 0 Å². The first kappa shape index (κ1) is 34.5. The Labute approximate surface area is 237 Å². The summed E-state index contributed by atoms with van der Waals surface area (Å²) in [6, 6.07) is 2.79. The Kier molecular flexibility index (Phi) is 22.4. The normalized spacial score (nSPS) is 12.2. The zero-order chi connectivity index (χ0) is 26.3. The van der Waals surface area contributed by atoms with Crippen molar-refractivity contribution < 1.29 is 0 Å². The minimum atomic E-state index is -2.25. The molecular formula is C34H66SSn. The van der Waals surface area contributed by atoms with Crippen LogP contribution < -0.4 is 2.89 Å². The van der Waals surface area contributed by atoms with Crippen molar-refractivity contribution in [2.24, 2.45) is 5.92 Å². The van der Waals surface area contributed by atoms with Crippen LogP contribution in [0.4, 0.5) is 0 Å². The molecule has 0 N–H and O–H groups in total. The van der Waals surface area contributed by atoms with Crippen LogP contribution in [0.5, 0.6) is 0 Å². The zero-order valence-electron chi connectivity index (χ0n) is 25.6. The van der Waals surface area contributed by atoms with Gasteiger partial charge in [-0.3, -0.25) is 0 Å². The molecule has 36 heavy (non-hydrogen) atoms. The van der Waals surface area contributed by atoms with Gasteiger partial charge >= 0.3 is 224 Å². The van der Waals surface area contributed by atoms with Gasteiger partial charge in [0.05, 0.1) is 0 Å². The van der Waals surface area contributed by atoms with Gasteiger partial charge in [0.25, 0.3) is 0 Å². The first-order chi connectivity index (χ1) is 17.7. The second kappa shape index (κ2) is 23.4. The van der Waals surface area contributed by atoms with Gasteiger partial charge in [0, 0.05) is 0 Å². The van der Waals surface area contributed by atoms with E-state index in [1.54, 1.807) is 18.9 Å². The molecule has 0 radical (unpaired) electrons. The second-order valence-electron chi connectivity index (χ2n) is 12.1. The molecule has 0 saturated carbocycles. The average molecular weight is 626 g/mol. The van der Waals surface area contributed by atoms with Crippen LogP contribution >= 0.6 is 11.3 Å². The molecule has 0 atom stereocenters. The third-order valence-corrected chi connectivity index (χ3v) is 28.0. The van der Waals surface area contributed by atoms with E-state index in [-0.39, 0.29) is 0 Å². The van der Waals surface area contributed by atoms with Crippen LogP contribution in [-0.4, -0.2) is 18.4 Å². The summed E-state index contributed by atoms with van der Waals surface area (Å²) in [5, 5.41) is 2.63. The van der Waals surface area contributed by atoms with E-state index < -0.39 is 18.4 Å². The molecular weight excluding hydrogens is 559 g/mol. The fourth-order valence-corrected chi connectivity index (χ4v) is 26.2. The van der Waals surface area contributed by atoms with E-state index in [1.807, 2.05) is 2.89 Å². The maximum absolute atomic E-state index is 2.79. The number of rotatable bonds is 26. The van der Waals surface area contributed by atoms with Crippen molar-refractivity contribution in [2.75, 3.05) is 0 Å². The van der Waals surface area contributed by atoms with Gasteiger partial charge in [-0.25, -0.2) is 0 Å². The number of hydrogen-bond acceptors (Lipinski definition) is 1. The van der Waals surface area contributed by atoms with Gasteiger partial charge in [0.15, 0.2) is 0 Å². The van der Waals surface area contributed by atoms with Crippen molar-refractivity contribution in [1.82, 2.24) is 0 Å². The van der Waals surface area contributed by atoms with Crippen LogP contribution in [0.2, 0.25) is 13.3 Å². The molecule has 0 spiro atoms. The summed E-state index contributed by atoms with van der Waals surface area (Å²) in [4.78, 5) is 0. The van der Waals surface area contributed by atoms with E-state index >= 15 is 0 Å². The Morgan fingerprint density at radius 2 is 0.972 bits per heavy atom. The Bertz CT molecular complexity index is 554. The first-order valence-electron chi connectivity index (χ1n) is 16.7. The Balaban J connectivity index is 2.83. The second-order valence-corrected chi connectivity index (χ2v) is 27.2. The van der Waals surface area contributed by atoms with Crippen LogP contribution in [0.25, 0.3) is 0 Å². The molecule has 0 bridgehead atoms. The molecule has 1 heterocycles. The molecule has 0 saturated heterocycles. The van der Waals surface area contributed by atoms with Gasteiger partial charge in [-0.2, -0.15) is 0 Å². The fraction of sp³-hybridized carbons (Fsp3) is 0.882. The third kappa shape index (κ3) is 15.2. The molecule has 212 valence electrons. The van der Waals surface area contributed by atoms with Crippen LogP contribution in [0.3, 0.4) is 0 Å². The van der Waals surface area contributed by atoms with Gasteiger partial charge in [-0.05, 0) is 0 Å². The molecule has 1 aromatic heterocycles. The summed E-state index contributed by atoms with van der Waals surface area (Å²) in [7, 11) is 0. The predicted molar refractivity (Wildman–Crippen MR) is 172 cm³/mol. The van der Waals surface area contributed by atoms with Gasteiger partial charge in [0.1, 0.15) is 0 Å². The molecule has 0 aliphatic rings. The van der Waals surface area contributed by atoms with Crippen LogP contribution in [0, 0.1) is 5.92 Å². The molecule has 0 aromatic carbocycles. The Hall–Kier alpha value is 0.499. The first-order valence-corrected chi connectivity index (χ1v) is 25.1. The molecule has 1 aromatic rings. The predicted octanol–water partition coefficient (Wildman–Crippen LogP) is 12.5. The molecule has 0 unspecified atom stereocenters. The maximum atomic E-state index is 2.79. The van der Waals surface area contributed by atoms with Crippen molar-refractivity contribution in [3.05, 3.63) is 17.0 Å². The van der Waals surface area contributed by atoms with Crippen LogP contribution in [0.1, 0.15) is 169 Å². The summed E-state index contributed by atoms with van der Waals surface area (Å²) >= 11 is -0.0337. The molecule has 0 aliphatic heterocycles. The van der Waals surface area contributed by atoms with E-state index in [0.717, 1.165) is 5.92 Å². The topological polar surface area (TPSA) is 0 Å². The number of hydrogen-bond donors (Lipinski definition) is 0. The van der Waals surface area contributed by atoms with Gasteiger partial charge in [-0.15, -0.1) is 0 Å². The van der Waals surface area contributed by atoms with Gasteiger partial charge < -0.3 is 0 Å². The van der Waals surface area contributed by atoms with Crippen molar-refractivity contribution in [2.45, 2.75) is 183 Å². The Morgan fingerprint density at radius 3 is 1.42 bits per heavy atom. The summed E-state index contributed by atoms with van der Waals surface area (Å²) in [5.41, 5.74) is 1.72. The summed E-state index contributed by atoms with van der Waals surface area (Å²) < 4.78 is 6.80. The third-order valence-electron chi connectivity index (χ3n) is 8.66. The van der Waals surface area contributed by atoms with Crippen molar-refractivity contribution in [3.63, 3.8) is 0 Å². The minimum absolute atomic E-state index is 0.927. The fourth-order valence-electron chi connectivity index (χ4n) is 6.16. The van der Waals surface area contributed by atoms with E-state index in [2.05, 4.69) is 57.4 Å². The summed E-state index contributed by atoms with van der Waals surface area (Å²) in [6.45, 7) is 11.9. The van der Waals surface area contributed by atoms with Crippen molar-refractivity contribution >= 4 is 32.6 Å². The number of unbranched alkanes of at least 4 members (excludes halogenated alkanes) is 13. The zero-order valence-corrected chi connectivity index (χ0v) is 29.3. The molecule has 1 rings (SSSR count). The SMILES string of the molecule is CCCCCCCCC(CCCCCCCC)Cc1cs[c]([Sn]([CH2]CCC)([CH2]CCC)[CH2]CCC)c1. The number of thiophene rings is 1. The van der Waals surface area contributed by atoms with E-state index in [9.17, 15) is 0 Å². The standard InChI is InChI=1S/C22H39S.3C4H9.Sn/c1-3-5-7-9-11-13-15-21(19-22-17-18-23-20-22)16-14-12-10-8-6-4-2;3*1-3-4-2;/h17,20-21H,3-16,19H2,1-2H3;3*1,3-4H2,2H3;. The average Bonchev–Trinajstić information content (AvgIpc) is 3.36. The summed E-state index contributed by atoms with van der Waals surface area (Å²) in [5.74, 6) is 0.927. The Morgan fingerprint density at radius 1 is 0.556 bits per heavy atom. The quantitative estimate of drug-likeness (QED) is 0.0710. The molecule has 2 heteroatoms. The monoisotopic (exact) mass is 626 g/mol. The van der Waals surface area contributed by atoms with Crippen LogP contribution in [0.15, 0.2) is 11.4 Å².